The van der Waals surface area contributed by atoms with Gasteiger partial charge in [-0.1, -0.05) is 46.3 Å². The van der Waals surface area contributed by atoms with Crippen molar-refractivity contribution in [2.75, 3.05) is 12.1 Å². The van der Waals surface area contributed by atoms with E-state index in [0.717, 1.165) is 26.8 Å². The van der Waals surface area contributed by atoms with Crippen LogP contribution in [-0.2, 0) is 11.4 Å². The van der Waals surface area contributed by atoms with Crippen LogP contribution in [0.15, 0.2) is 59.3 Å². The lowest BCUT2D eigenvalue weighted by Crippen LogP contribution is -2.19. The summed E-state index contributed by atoms with van der Waals surface area (Å²) < 4.78 is 0.988. The molecule has 0 atom stereocenters. The van der Waals surface area contributed by atoms with Crippen molar-refractivity contribution < 1.29 is 4.84 Å². The molecule has 0 bridgehead atoms. The molecule has 1 aromatic heterocycles. The first-order valence-corrected chi connectivity index (χ1v) is 7.34. The van der Waals surface area contributed by atoms with Gasteiger partial charge >= 0.3 is 0 Å². The van der Waals surface area contributed by atoms with Crippen molar-refractivity contribution >= 4 is 32.7 Å². The minimum absolute atomic E-state index is 0.497. The Morgan fingerprint density at radius 1 is 1.10 bits per heavy atom. The van der Waals surface area contributed by atoms with Crippen LogP contribution in [0.2, 0.25) is 0 Å². The molecule has 3 rings (SSSR count). The largest absolute Gasteiger partial charge is 0.267 e. The maximum Gasteiger partial charge on any atom is 0.163 e. The highest BCUT2D eigenvalue weighted by molar-refractivity contribution is 9.10. The predicted octanol–water partition coefficient (Wildman–Crippen LogP) is 3.96. The van der Waals surface area contributed by atoms with Crippen molar-refractivity contribution in [3.63, 3.8) is 0 Å². The van der Waals surface area contributed by atoms with Crippen LogP contribution < -0.4 is 5.06 Å². The van der Waals surface area contributed by atoms with Crippen LogP contribution >= 0.6 is 15.9 Å². The van der Waals surface area contributed by atoms with Gasteiger partial charge in [0.15, 0.2) is 5.82 Å². The zero-order valence-corrected chi connectivity index (χ0v) is 13.1. The number of benzene rings is 2. The molecule has 106 valence electrons. The average molecular weight is 344 g/mol. The zero-order valence-electron chi connectivity index (χ0n) is 11.5. The molecule has 5 heteroatoms. The summed E-state index contributed by atoms with van der Waals surface area (Å²) in [5, 5.41) is 2.63. The summed E-state index contributed by atoms with van der Waals surface area (Å²) in [5.41, 5.74) is 2.00. The Morgan fingerprint density at radius 3 is 2.71 bits per heavy atom. The maximum atomic E-state index is 5.79. The number of aromatic nitrogens is 2. The standard InChI is InChI=1S/C16H14BrN3O/c1-20(21-10-12-5-3-2-4-6-12)16-14-9-13(17)7-8-15(14)18-11-19-16/h2-9,11H,10H2,1H3. The minimum atomic E-state index is 0.497. The highest BCUT2D eigenvalue weighted by Crippen LogP contribution is 2.25. The zero-order chi connectivity index (χ0) is 14.7. The Kier molecular flexibility index (Phi) is 4.13. The van der Waals surface area contributed by atoms with E-state index in [1.165, 1.54) is 0 Å². The third kappa shape index (κ3) is 3.20. The molecule has 0 spiro atoms. The molecular weight excluding hydrogens is 330 g/mol. The summed E-state index contributed by atoms with van der Waals surface area (Å²) in [7, 11) is 1.85. The highest BCUT2D eigenvalue weighted by Gasteiger charge is 2.09. The molecule has 0 aliphatic rings. The lowest BCUT2D eigenvalue weighted by molar-refractivity contribution is 0.107. The second-order valence-corrected chi connectivity index (χ2v) is 5.53. The average Bonchev–Trinajstić information content (AvgIpc) is 2.53. The van der Waals surface area contributed by atoms with Crippen LogP contribution in [0.1, 0.15) is 5.56 Å². The number of hydrogen-bond donors (Lipinski definition) is 0. The molecule has 21 heavy (non-hydrogen) atoms. The van der Waals surface area contributed by atoms with Gasteiger partial charge in [-0.3, -0.25) is 4.84 Å². The van der Waals surface area contributed by atoms with E-state index in [-0.39, 0.29) is 0 Å². The number of fused-ring (bicyclic) bond motifs is 1. The van der Waals surface area contributed by atoms with Crippen molar-refractivity contribution in [3.05, 3.63) is 64.9 Å². The monoisotopic (exact) mass is 343 g/mol. The molecule has 0 aliphatic heterocycles. The topological polar surface area (TPSA) is 38.2 Å². The lowest BCUT2D eigenvalue weighted by atomic mass is 10.2. The van der Waals surface area contributed by atoms with Gasteiger partial charge in [0.2, 0.25) is 0 Å². The quantitative estimate of drug-likeness (QED) is 0.672. The van der Waals surface area contributed by atoms with Gasteiger partial charge in [0.25, 0.3) is 0 Å². The van der Waals surface area contributed by atoms with E-state index >= 15 is 0 Å². The summed E-state index contributed by atoms with van der Waals surface area (Å²) >= 11 is 3.48. The second kappa shape index (κ2) is 6.20. The molecule has 3 aromatic rings. The number of anilines is 1. The van der Waals surface area contributed by atoms with Crippen LogP contribution in [0.3, 0.4) is 0 Å². The number of hydrogen-bond acceptors (Lipinski definition) is 4. The SMILES string of the molecule is CN(OCc1ccccc1)c1ncnc2ccc(Br)cc12. The predicted molar refractivity (Wildman–Crippen MR) is 86.9 cm³/mol. The number of nitrogens with zero attached hydrogens (tertiary/aromatic N) is 3. The van der Waals surface area contributed by atoms with E-state index in [1.807, 2.05) is 55.6 Å². The number of rotatable bonds is 4. The minimum Gasteiger partial charge on any atom is -0.267 e. The van der Waals surface area contributed by atoms with Crippen LogP contribution in [0.5, 0.6) is 0 Å². The fraction of sp³-hybridized carbons (Fsp3) is 0.125. The van der Waals surface area contributed by atoms with Gasteiger partial charge in [-0.25, -0.2) is 15.0 Å². The van der Waals surface area contributed by atoms with Gasteiger partial charge in [-0.15, -0.1) is 0 Å². The van der Waals surface area contributed by atoms with Gasteiger partial charge in [0, 0.05) is 16.9 Å². The molecule has 0 fully saturated rings. The first-order chi connectivity index (χ1) is 10.2. The number of halogens is 1. The fourth-order valence-corrected chi connectivity index (χ4v) is 2.43. The number of hydroxylamine groups is 1. The molecule has 2 aromatic carbocycles. The fourth-order valence-electron chi connectivity index (χ4n) is 2.07. The molecule has 0 radical (unpaired) electrons. The summed E-state index contributed by atoms with van der Waals surface area (Å²) in [4.78, 5) is 14.4. The van der Waals surface area contributed by atoms with Crippen molar-refractivity contribution in [3.8, 4) is 0 Å². The van der Waals surface area contributed by atoms with Crippen LogP contribution in [0, 0.1) is 0 Å². The molecular formula is C16H14BrN3O. The lowest BCUT2D eigenvalue weighted by Gasteiger charge is -2.19. The van der Waals surface area contributed by atoms with Crippen molar-refractivity contribution in [2.24, 2.45) is 0 Å². The van der Waals surface area contributed by atoms with Crippen molar-refractivity contribution in [1.29, 1.82) is 0 Å². The van der Waals surface area contributed by atoms with Gasteiger partial charge < -0.3 is 0 Å². The summed E-state index contributed by atoms with van der Waals surface area (Å²) in [6.07, 6.45) is 1.55. The van der Waals surface area contributed by atoms with Crippen LogP contribution in [0.25, 0.3) is 10.9 Å². The van der Waals surface area contributed by atoms with Gasteiger partial charge in [0.1, 0.15) is 6.33 Å². The van der Waals surface area contributed by atoms with E-state index in [2.05, 4.69) is 25.9 Å². The Balaban J connectivity index is 1.84. The van der Waals surface area contributed by atoms with Crippen molar-refractivity contribution in [2.45, 2.75) is 6.61 Å². The molecule has 1 heterocycles. The van der Waals surface area contributed by atoms with Crippen LogP contribution in [-0.4, -0.2) is 17.0 Å². The Morgan fingerprint density at radius 2 is 1.90 bits per heavy atom. The molecule has 4 nitrogen and oxygen atoms in total. The smallest absolute Gasteiger partial charge is 0.163 e. The van der Waals surface area contributed by atoms with E-state index in [0.29, 0.717) is 6.61 Å². The molecule has 0 unspecified atom stereocenters. The molecule has 0 saturated carbocycles. The third-order valence-electron chi connectivity index (χ3n) is 3.14. The molecule has 0 N–H and O–H groups in total. The van der Waals surface area contributed by atoms with E-state index in [1.54, 1.807) is 11.4 Å². The van der Waals surface area contributed by atoms with Gasteiger partial charge in [0.05, 0.1) is 12.1 Å². The van der Waals surface area contributed by atoms with Crippen molar-refractivity contribution in [1.82, 2.24) is 9.97 Å². The highest BCUT2D eigenvalue weighted by atomic mass is 79.9. The second-order valence-electron chi connectivity index (χ2n) is 4.62. The maximum absolute atomic E-state index is 5.79. The van der Waals surface area contributed by atoms with Crippen LogP contribution in [0.4, 0.5) is 5.82 Å². The molecule has 0 aliphatic carbocycles. The Hall–Kier alpha value is -1.98. The summed E-state index contributed by atoms with van der Waals surface area (Å²) in [6.45, 7) is 0.497. The van der Waals surface area contributed by atoms with Gasteiger partial charge in [-0.05, 0) is 23.8 Å². The van der Waals surface area contributed by atoms with Gasteiger partial charge in [-0.2, -0.15) is 0 Å². The third-order valence-corrected chi connectivity index (χ3v) is 3.64. The first kappa shape index (κ1) is 14.0. The van der Waals surface area contributed by atoms with E-state index in [4.69, 9.17) is 4.84 Å². The summed E-state index contributed by atoms with van der Waals surface area (Å²) in [5.74, 6) is 0.747. The first-order valence-electron chi connectivity index (χ1n) is 6.55. The summed E-state index contributed by atoms with van der Waals surface area (Å²) in [6, 6.07) is 16.0. The van der Waals surface area contributed by atoms with E-state index < -0.39 is 0 Å². The Bertz CT molecular complexity index is 749. The van der Waals surface area contributed by atoms with E-state index in [9.17, 15) is 0 Å². The molecule has 0 saturated heterocycles. The molecule has 0 amide bonds. The Labute approximate surface area is 131 Å². The normalized spacial score (nSPS) is 10.8.